The van der Waals surface area contributed by atoms with E-state index < -0.39 is 5.97 Å². The number of aromatic nitrogens is 3. The molecular weight excluding hydrogens is 390 g/mol. The van der Waals surface area contributed by atoms with Crippen LogP contribution in [0.3, 0.4) is 0 Å². The van der Waals surface area contributed by atoms with E-state index in [1.165, 1.54) is 0 Å². The van der Waals surface area contributed by atoms with Crippen LogP contribution in [0, 0.1) is 6.92 Å². The Balaban J connectivity index is 1.45. The van der Waals surface area contributed by atoms with Crippen molar-refractivity contribution in [3.05, 3.63) is 94.7 Å². The Morgan fingerprint density at radius 3 is 2.52 bits per heavy atom. The van der Waals surface area contributed by atoms with Gasteiger partial charge in [-0.1, -0.05) is 72.3 Å². The van der Waals surface area contributed by atoms with Crippen LogP contribution in [0.4, 0.5) is 0 Å². The molecule has 0 saturated carbocycles. The first-order valence-corrected chi connectivity index (χ1v) is 9.43. The number of aryl methyl sites for hydroxylation is 1. The van der Waals surface area contributed by atoms with Crippen molar-refractivity contribution in [3.8, 4) is 11.3 Å². The van der Waals surface area contributed by atoms with Crippen molar-refractivity contribution in [2.75, 3.05) is 0 Å². The molecule has 2 aromatic heterocycles. The molecule has 0 N–H and O–H groups in total. The Morgan fingerprint density at radius 2 is 1.79 bits per heavy atom. The Labute approximate surface area is 172 Å². The third-order valence-electron chi connectivity index (χ3n) is 4.38. The number of rotatable bonds is 6. The van der Waals surface area contributed by atoms with Crippen molar-refractivity contribution in [2.45, 2.75) is 20.1 Å². The maximum Gasteiger partial charge on any atom is 0.343 e. The van der Waals surface area contributed by atoms with E-state index in [4.69, 9.17) is 20.8 Å². The second-order valence-electron chi connectivity index (χ2n) is 6.45. The zero-order chi connectivity index (χ0) is 20.2. The molecule has 7 heteroatoms. The fourth-order valence-electron chi connectivity index (χ4n) is 2.96. The van der Waals surface area contributed by atoms with Crippen molar-refractivity contribution < 1.29 is 13.9 Å². The first kappa shape index (κ1) is 19.0. The predicted octanol–water partition coefficient (Wildman–Crippen LogP) is 4.91. The molecule has 2 heterocycles. The lowest BCUT2D eigenvalue weighted by Crippen LogP contribution is -2.07. The summed E-state index contributed by atoms with van der Waals surface area (Å²) in [6.45, 7) is 2.10. The summed E-state index contributed by atoms with van der Waals surface area (Å²) in [6, 6.07) is 19.3. The van der Waals surface area contributed by atoms with Gasteiger partial charge >= 0.3 is 5.97 Å². The van der Waals surface area contributed by atoms with E-state index in [2.05, 4.69) is 10.1 Å². The average molecular weight is 408 g/mol. The van der Waals surface area contributed by atoms with Gasteiger partial charge in [-0.25, -0.2) is 14.5 Å². The third kappa shape index (κ3) is 4.22. The van der Waals surface area contributed by atoms with Gasteiger partial charge in [0.1, 0.15) is 10.7 Å². The quantitative estimate of drug-likeness (QED) is 0.425. The van der Waals surface area contributed by atoms with Crippen LogP contribution in [0.15, 0.2) is 71.3 Å². The lowest BCUT2D eigenvalue weighted by molar-refractivity contribution is 0.0438. The highest BCUT2D eigenvalue weighted by Gasteiger charge is 2.22. The second-order valence-corrected chi connectivity index (χ2v) is 6.81. The van der Waals surface area contributed by atoms with Gasteiger partial charge in [0.2, 0.25) is 5.89 Å². The van der Waals surface area contributed by atoms with Crippen molar-refractivity contribution in [1.29, 1.82) is 0 Å². The van der Waals surface area contributed by atoms with E-state index in [1.54, 1.807) is 17.8 Å². The first-order chi connectivity index (χ1) is 14.1. The van der Waals surface area contributed by atoms with E-state index in [0.29, 0.717) is 23.9 Å². The van der Waals surface area contributed by atoms with Crippen LogP contribution in [0.5, 0.6) is 0 Å². The molecule has 0 fully saturated rings. The molecule has 0 spiro atoms. The summed E-state index contributed by atoms with van der Waals surface area (Å²) < 4.78 is 12.6. The number of halogens is 1. The Morgan fingerprint density at radius 1 is 1.10 bits per heavy atom. The highest BCUT2D eigenvalue weighted by atomic mass is 35.5. The van der Waals surface area contributed by atoms with E-state index in [9.17, 15) is 4.79 Å². The van der Waals surface area contributed by atoms with E-state index in [-0.39, 0.29) is 17.3 Å². The molecule has 0 bridgehead atoms. The van der Waals surface area contributed by atoms with Crippen molar-refractivity contribution >= 4 is 17.6 Å². The topological polar surface area (TPSA) is 70.2 Å². The van der Waals surface area contributed by atoms with Gasteiger partial charge in [-0.3, -0.25) is 0 Å². The number of carbonyl (C=O) groups excluding carboxylic acids is 1. The standard InChI is InChI=1S/C22H18ClN3O3/c1-15-20(21(23)26(25-15)13-16-8-4-2-5-9-16)22(27)28-14-19-24-12-18(29-19)17-10-6-3-7-11-17/h2-12H,13-14H2,1H3. The summed E-state index contributed by atoms with van der Waals surface area (Å²) >= 11 is 6.40. The van der Waals surface area contributed by atoms with Crippen molar-refractivity contribution in [1.82, 2.24) is 14.8 Å². The molecule has 0 aliphatic rings. The monoisotopic (exact) mass is 407 g/mol. The molecular formula is C22H18ClN3O3. The maximum absolute atomic E-state index is 12.6. The molecule has 146 valence electrons. The number of oxazole rings is 1. The van der Waals surface area contributed by atoms with Crippen LogP contribution in [0.1, 0.15) is 27.5 Å². The Hall–Kier alpha value is -3.38. The molecule has 0 amide bonds. The molecule has 0 atom stereocenters. The van der Waals surface area contributed by atoms with Gasteiger partial charge in [-0.05, 0) is 12.5 Å². The number of nitrogens with zero attached hydrogens (tertiary/aromatic N) is 3. The van der Waals surface area contributed by atoms with Crippen molar-refractivity contribution in [2.24, 2.45) is 0 Å². The van der Waals surface area contributed by atoms with Crippen LogP contribution < -0.4 is 0 Å². The minimum atomic E-state index is -0.564. The van der Waals surface area contributed by atoms with E-state index in [0.717, 1.165) is 11.1 Å². The van der Waals surface area contributed by atoms with Crippen LogP contribution in [-0.4, -0.2) is 20.7 Å². The summed E-state index contributed by atoms with van der Waals surface area (Å²) in [7, 11) is 0. The number of hydrogen-bond donors (Lipinski definition) is 0. The third-order valence-corrected chi connectivity index (χ3v) is 4.77. The van der Waals surface area contributed by atoms with Gasteiger partial charge in [-0.15, -0.1) is 0 Å². The highest BCUT2D eigenvalue weighted by Crippen LogP contribution is 2.23. The van der Waals surface area contributed by atoms with Crippen LogP contribution in [0.2, 0.25) is 5.15 Å². The molecule has 6 nitrogen and oxygen atoms in total. The molecule has 0 aliphatic heterocycles. The molecule has 0 aliphatic carbocycles. The van der Waals surface area contributed by atoms with E-state index in [1.807, 2.05) is 60.7 Å². The molecule has 2 aromatic carbocycles. The van der Waals surface area contributed by atoms with Crippen LogP contribution in [-0.2, 0) is 17.9 Å². The van der Waals surface area contributed by atoms with E-state index >= 15 is 0 Å². The Bertz CT molecular complexity index is 1120. The number of carbonyl (C=O) groups is 1. The van der Waals surface area contributed by atoms with Gasteiger partial charge < -0.3 is 9.15 Å². The number of benzene rings is 2. The summed E-state index contributed by atoms with van der Waals surface area (Å²) in [5.41, 5.74) is 2.69. The summed E-state index contributed by atoms with van der Waals surface area (Å²) in [5.74, 6) is 0.357. The smallest absolute Gasteiger partial charge is 0.343 e. The number of hydrogen-bond acceptors (Lipinski definition) is 5. The molecule has 0 unspecified atom stereocenters. The maximum atomic E-state index is 12.6. The molecule has 0 radical (unpaired) electrons. The summed E-state index contributed by atoms with van der Waals surface area (Å²) in [5, 5.41) is 4.61. The van der Waals surface area contributed by atoms with Gasteiger partial charge in [0.15, 0.2) is 12.4 Å². The summed E-state index contributed by atoms with van der Waals surface area (Å²) in [4.78, 5) is 16.7. The Kier molecular flexibility index (Phi) is 5.44. The predicted molar refractivity (Wildman–Crippen MR) is 109 cm³/mol. The summed E-state index contributed by atoms with van der Waals surface area (Å²) in [6.07, 6.45) is 1.61. The highest BCUT2D eigenvalue weighted by molar-refractivity contribution is 6.32. The second kappa shape index (κ2) is 8.32. The SMILES string of the molecule is Cc1nn(Cc2ccccc2)c(Cl)c1C(=O)OCc1ncc(-c2ccccc2)o1. The fraction of sp³-hybridized carbons (Fsp3) is 0.136. The first-order valence-electron chi connectivity index (χ1n) is 9.06. The minimum Gasteiger partial charge on any atom is -0.452 e. The van der Waals surface area contributed by atoms with Gasteiger partial charge in [0.25, 0.3) is 0 Å². The normalized spacial score (nSPS) is 10.8. The van der Waals surface area contributed by atoms with Gasteiger partial charge in [0, 0.05) is 5.56 Å². The lowest BCUT2D eigenvalue weighted by atomic mass is 10.2. The largest absolute Gasteiger partial charge is 0.452 e. The zero-order valence-corrected chi connectivity index (χ0v) is 16.5. The molecule has 29 heavy (non-hydrogen) atoms. The van der Waals surface area contributed by atoms with Gasteiger partial charge in [0.05, 0.1) is 18.4 Å². The fourth-order valence-corrected chi connectivity index (χ4v) is 3.27. The van der Waals surface area contributed by atoms with Gasteiger partial charge in [-0.2, -0.15) is 5.10 Å². The van der Waals surface area contributed by atoms with Crippen LogP contribution in [0.25, 0.3) is 11.3 Å². The van der Waals surface area contributed by atoms with Crippen molar-refractivity contribution in [3.63, 3.8) is 0 Å². The average Bonchev–Trinajstić information content (AvgIpc) is 3.32. The minimum absolute atomic E-state index is 0.0920. The zero-order valence-electron chi connectivity index (χ0n) is 15.7. The number of esters is 1. The molecule has 4 aromatic rings. The molecule has 4 rings (SSSR count). The molecule has 0 saturated heterocycles. The number of ether oxygens (including phenoxy) is 1. The van der Waals surface area contributed by atoms with Crippen LogP contribution >= 0.6 is 11.6 Å². The lowest BCUT2D eigenvalue weighted by Gasteiger charge is -2.04.